The second-order valence-electron chi connectivity index (χ2n) is 3.06. The lowest BCUT2D eigenvalue weighted by molar-refractivity contribution is 0.0819. The van der Waals surface area contributed by atoms with E-state index >= 15 is 0 Å². The molecule has 0 saturated carbocycles. The second kappa shape index (κ2) is 5.63. The number of nitrogens with two attached hydrogens (primary N) is 1. The Labute approximate surface area is 86.5 Å². The SMILES string of the molecule is NC(CO)c1ccc(OCC(F)F)cc1. The molecule has 5 heteroatoms. The molecule has 84 valence electrons. The largest absolute Gasteiger partial charge is 0.488 e. The molecule has 15 heavy (non-hydrogen) atoms. The number of hydrogen-bond acceptors (Lipinski definition) is 3. The number of aliphatic hydroxyl groups is 1. The average molecular weight is 217 g/mol. The monoisotopic (exact) mass is 217 g/mol. The molecule has 3 N–H and O–H groups in total. The molecule has 3 nitrogen and oxygen atoms in total. The molecular weight excluding hydrogens is 204 g/mol. The minimum atomic E-state index is -2.48. The fraction of sp³-hybridized carbons (Fsp3) is 0.400. The average Bonchev–Trinajstić information content (AvgIpc) is 2.26. The number of hydrogen-bond donors (Lipinski definition) is 2. The van der Waals surface area contributed by atoms with E-state index in [1.807, 2.05) is 0 Å². The summed E-state index contributed by atoms with van der Waals surface area (Å²) in [5, 5.41) is 8.78. The Balaban J connectivity index is 2.56. The van der Waals surface area contributed by atoms with Crippen molar-refractivity contribution in [3.8, 4) is 5.75 Å². The van der Waals surface area contributed by atoms with Crippen LogP contribution in [0.15, 0.2) is 24.3 Å². The Morgan fingerprint density at radius 1 is 1.27 bits per heavy atom. The normalized spacial score (nSPS) is 12.9. The molecule has 0 aliphatic carbocycles. The number of aliphatic hydroxyl groups excluding tert-OH is 1. The van der Waals surface area contributed by atoms with Gasteiger partial charge in [-0.25, -0.2) is 8.78 Å². The van der Waals surface area contributed by atoms with E-state index in [4.69, 9.17) is 15.6 Å². The van der Waals surface area contributed by atoms with Crippen LogP contribution in [0.2, 0.25) is 0 Å². The molecular formula is C10H13F2NO2. The number of halogens is 2. The Bertz CT molecular complexity index is 290. The van der Waals surface area contributed by atoms with Gasteiger partial charge in [0.15, 0.2) is 0 Å². The zero-order valence-electron chi connectivity index (χ0n) is 8.07. The summed E-state index contributed by atoms with van der Waals surface area (Å²) in [6.45, 7) is -0.775. The van der Waals surface area contributed by atoms with E-state index in [1.165, 1.54) is 0 Å². The Kier molecular flexibility index (Phi) is 4.45. The molecule has 0 spiro atoms. The predicted molar refractivity (Wildman–Crippen MR) is 52.0 cm³/mol. The van der Waals surface area contributed by atoms with Crippen molar-refractivity contribution in [2.75, 3.05) is 13.2 Å². The van der Waals surface area contributed by atoms with Crippen LogP contribution in [0.25, 0.3) is 0 Å². The summed E-state index contributed by atoms with van der Waals surface area (Å²) >= 11 is 0. The number of rotatable bonds is 5. The maximum atomic E-state index is 11.8. The first-order valence-electron chi connectivity index (χ1n) is 4.51. The quantitative estimate of drug-likeness (QED) is 0.782. The number of benzene rings is 1. The van der Waals surface area contributed by atoms with E-state index in [1.54, 1.807) is 24.3 Å². The standard InChI is InChI=1S/C10H13F2NO2/c11-10(12)6-15-8-3-1-7(2-4-8)9(13)5-14/h1-4,9-10,14H,5-6,13H2. The van der Waals surface area contributed by atoms with Gasteiger partial charge in [0.1, 0.15) is 12.4 Å². The molecule has 1 aromatic rings. The molecule has 1 rings (SSSR count). The molecule has 0 saturated heterocycles. The fourth-order valence-electron chi connectivity index (χ4n) is 1.08. The van der Waals surface area contributed by atoms with E-state index in [9.17, 15) is 8.78 Å². The van der Waals surface area contributed by atoms with Gasteiger partial charge < -0.3 is 15.6 Å². The van der Waals surface area contributed by atoms with Crippen LogP contribution in [0.1, 0.15) is 11.6 Å². The van der Waals surface area contributed by atoms with Crippen LogP contribution in [0, 0.1) is 0 Å². The van der Waals surface area contributed by atoms with Crippen molar-refractivity contribution in [1.29, 1.82) is 0 Å². The highest BCUT2D eigenvalue weighted by atomic mass is 19.3. The molecule has 0 heterocycles. The highest BCUT2D eigenvalue weighted by Gasteiger charge is 2.06. The van der Waals surface area contributed by atoms with Gasteiger partial charge in [-0.1, -0.05) is 12.1 Å². The van der Waals surface area contributed by atoms with Crippen molar-refractivity contribution in [3.05, 3.63) is 29.8 Å². The van der Waals surface area contributed by atoms with Crippen molar-refractivity contribution in [3.63, 3.8) is 0 Å². The van der Waals surface area contributed by atoms with E-state index in [0.29, 0.717) is 5.75 Å². The van der Waals surface area contributed by atoms with Gasteiger partial charge >= 0.3 is 0 Å². The summed E-state index contributed by atoms with van der Waals surface area (Å²) in [6, 6.07) is 5.93. The van der Waals surface area contributed by atoms with Crippen LogP contribution < -0.4 is 10.5 Å². The molecule has 0 amide bonds. The Morgan fingerprint density at radius 3 is 2.33 bits per heavy atom. The van der Waals surface area contributed by atoms with Crippen LogP contribution in [0.4, 0.5) is 8.78 Å². The van der Waals surface area contributed by atoms with Gasteiger partial charge in [-0.15, -0.1) is 0 Å². The van der Waals surface area contributed by atoms with Crippen molar-refractivity contribution in [2.45, 2.75) is 12.5 Å². The molecule has 1 unspecified atom stereocenters. The lowest BCUT2D eigenvalue weighted by Gasteiger charge is -2.10. The summed E-state index contributed by atoms with van der Waals surface area (Å²) in [5.41, 5.74) is 6.29. The van der Waals surface area contributed by atoms with Gasteiger partial charge in [0.25, 0.3) is 6.43 Å². The van der Waals surface area contributed by atoms with Gasteiger partial charge in [-0.3, -0.25) is 0 Å². The van der Waals surface area contributed by atoms with Gasteiger partial charge in [0.2, 0.25) is 0 Å². The summed E-state index contributed by atoms with van der Waals surface area (Å²) < 4.78 is 28.4. The second-order valence-corrected chi connectivity index (χ2v) is 3.06. The van der Waals surface area contributed by atoms with E-state index in [2.05, 4.69) is 0 Å². The van der Waals surface area contributed by atoms with Crippen molar-refractivity contribution >= 4 is 0 Å². The van der Waals surface area contributed by atoms with E-state index in [0.717, 1.165) is 5.56 Å². The van der Waals surface area contributed by atoms with E-state index < -0.39 is 19.1 Å². The first-order chi connectivity index (χ1) is 7.13. The first kappa shape index (κ1) is 11.9. The third-order valence-corrected chi connectivity index (χ3v) is 1.88. The maximum absolute atomic E-state index is 11.8. The molecule has 0 radical (unpaired) electrons. The lowest BCUT2D eigenvalue weighted by Crippen LogP contribution is -2.14. The molecule has 0 aliphatic heterocycles. The van der Waals surface area contributed by atoms with Crippen molar-refractivity contribution < 1.29 is 18.6 Å². The smallest absolute Gasteiger partial charge is 0.272 e. The molecule has 1 atom stereocenters. The molecule has 0 fully saturated rings. The van der Waals surface area contributed by atoms with Crippen molar-refractivity contribution in [1.82, 2.24) is 0 Å². The van der Waals surface area contributed by atoms with Crippen LogP contribution >= 0.6 is 0 Å². The van der Waals surface area contributed by atoms with Crippen LogP contribution in [0.3, 0.4) is 0 Å². The zero-order chi connectivity index (χ0) is 11.3. The minimum absolute atomic E-state index is 0.156. The highest BCUT2D eigenvalue weighted by molar-refractivity contribution is 5.29. The van der Waals surface area contributed by atoms with Crippen molar-refractivity contribution in [2.24, 2.45) is 5.73 Å². The predicted octanol–water partition coefficient (Wildman–Crippen LogP) is 1.32. The molecule has 0 aromatic heterocycles. The zero-order valence-corrected chi connectivity index (χ0v) is 8.07. The number of ether oxygens (including phenoxy) is 1. The molecule has 0 aliphatic rings. The third-order valence-electron chi connectivity index (χ3n) is 1.88. The van der Waals surface area contributed by atoms with E-state index in [-0.39, 0.29) is 6.61 Å². The van der Waals surface area contributed by atoms with Gasteiger partial charge in [-0.2, -0.15) is 0 Å². The number of alkyl halides is 2. The maximum Gasteiger partial charge on any atom is 0.272 e. The van der Waals surface area contributed by atoms with Crippen LogP contribution in [-0.4, -0.2) is 24.7 Å². The van der Waals surface area contributed by atoms with Gasteiger partial charge in [0, 0.05) is 0 Å². The summed E-state index contributed by atoms with van der Waals surface area (Å²) in [6.07, 6.45) is -2.48. The third kappa shape index (κ3) is 3.81. The Morgan fingerprint density at radius 2 is 1.87 bits per heavy atom. The summed E-state index contributed by atoms with van der Waals surface area (Å²) in [4.78, 5) is 0. The first-order valence-corrected chi connectivity index (χ1v) is 4.51. The minimum Gasteiger partial charge on any atom is -0.488 e. The van der Waals surface area contributed by atoms with Gasteiger partial charge in [-0.05, 0) is 17.7 Å². The summed E-state index contributed by atoms with van der Waals surface area (Å²) in [7, 11) is 0. The fourth-order valence-corrected chi connectivity index (χ4v) is 1.08. The van der Waals surface area contributed by atoms with Gasteiger partial charge in [0.05, 0.1) is 12.6 Å². The lowest BCUT2D eigenvalue weighted by atomic mass is 10.1. The van der Waals surface area contributed by atoms with Crippen LogP contribution in [0.5, 0.6) is 5.75 Å². The highest BCUT2D eigenvalue weighted by Crippen LogP contribution is 2.16. The topological polar surface area (TPSA) is 55.5 Å². The summed E-state index contributed by atoms with van der Waals surface area (Å²) in [5.74, 6) is 0.365. The molecule has 0 bridgehead atoms. The van der Waals surface area contributed by atoms with Crippen LogP contribution in [-0.2, 0) is 0 Å². The Hall–Kier alpha value is -1.20. The molecule has 1 aromatic carbocycles.